The summed E-state index contributed by atoms with van der Waals surface area (Å²) in [4.78, 5) is 13.7. The predicted octanol–water partition coefficient (Wildman–Crippen LogP) is 1.15. The van der Waals surface area contributed by atoms with E-state index < -0.39 is 4.92 Å². The summed E-state index contributed by atoms with van der Waals surface area (Å²) in [6, 6.07) is 0. The average molecular weight is 229 g/mol. The number of thiazole rings is 1. The first-order valence-electron chi connectivity index (χ1n) is 3.36. The van der Waals surface area contributed by atoms with Crippen molar-refractivity contribution < 1.29 is 4.92 Å². The van der Waals surface area contributed by atoms with Crippen molar-refractivity contribution in [3.05, 3.63) is 16.3 Å². The molecular weight excluding hydrogens is 226 g/mol. The van der Waals surface area contributed by atoms with E-state index in [0.29, 0.717) is 15.1 Å². The maximum absolute atomic E-state index is 10.4. The minimum Gasteiger partial charge on any atom is -0.374 e. The van der Waals surface area contributed by atoms with E-state index in [1.54, 1.807) is 0 Å². The molecule has 72 valence electrons. The van der Waals surface area contributed by atoms with Crippen LogP contribution in [0.1, 0.15) is 0 Å². The van der Waals surface area contributed by atoms with Crippen molar-refractivity contribution in [3.8, 4) is 10.0 Å². The molecule has 2 heterocycles. The van der Waals surface area contributed by atoms with Gasteiger partial charge in [-0.2, -0.15) is 0 Å². The zero-order chi connectivity index (χ0) is 10.1. The lowest BCUT2D eigenvalue weighted by atomic mass is 10.7. The summed E-state index contributed by atoms with van der Waals surface area (Å²) in [6.45, 7) is 0. The van der Waals surface area contributed by atoms with Crippen LogP contribution in [0, 0.1) is 10.1 Å². The topological polar surface area (TPSA) is 108 Å². The van der Waals surface area contributed by atoms with Crippen molar-refractivity contribution in [2.24, 2.45) is 0 Å². The van der Waals surface area contributed by atoms with Gasteiger partial charge in [0, 0.05) is 0 Å². The summed E-state index contributed by atoms with van der Waals surface area (Å²) in [5.41, 5.74) is 5.37. The quantitative estimate of drug-likeness (QED) is 0.611. The summed E-state index contributed by atoms with van der Waals surface area (Å²) in [7, 11) is 0. The van der Waals surface area contributed by atoms with Gasteiger partial charge in [-0.3, -0.25) is 10.1 Å². The number of nitrogens with zero attached hydrogens (tertiary/aromatic N) is 4. The Morgan fingerprint density at radius 3 is 2.64 bits per heavy atom. The molecule has 0 fully saturated rings. The third kappa shape index (κ3) is 1.54. The molecule has 0 aliphatic rings. The molecule has 0 atom stereocenters. The Labute approximate surface area is 85.4 Å². The number of hydrogen-bond donors (Lipinski definition) is 1. The normalized spacial score (nSPS) is 10.3. The van der Waals surface area contributed by atoms with E-state index in [0.717, 1.165) is 22.7 Å². The molecule has 0 aliphatic carbocycles. The van der Waals surface area contributed by atoms with E-state index >= 15 is 0 Å². The lowest BCUT2D eigenvalue weighted by Gasteiger charge is -1.81. The lowest BCUT2D eigenvalue weighted by molar-refractivity contribution is -0.380. The number of anilines is 1. The van der Waals surface area contributed by atoms with Crippen LogP contribution < -0.4 is 5.73 Å². The van der Waals surface area contributed by atoms with Gasteiger partial charge in [0.2, 0.25) is 5.13 Å². The largest absolute Gasteiger partial charge is 0.374 e. The molecule has 2 N–H and O–H groups in total. The highest BCUT2D eigenvalue weighted by Gasteiger charge is 2.15. The summed E-state index contributed by atoms with van der Waals surface area (Å²) in [6.07, 6.45) is 1.19. The van der Waals surface area contributed by atoms with Crippen LogP contribution in [0.5, 0.6) is 0 Å². The molecule has 0 radical (unpaired) electrons. The Bertz CT molecular complexity index is 478. The molecule has 2 rings (SSSR count). The van der Waals surface area contributed by atoms with Crippen molar-refractivity contribution in [2.45, 2.75) is 0 Å². The third-order valence-electron chi connectivity index (χ3n) is 1.30. The summed E-state index contributed by atoms with van der Waals surface area (Å²) < 4.78 is 0. The SMILES string of the molecule is Nc1nnc(-c2ncc([N+](=O)[O-])s2)s1. The van der Waals surface area contributed by atoms with Gasteiger partial charge < -0.3 is 5.73 Å². The van der Waals surface area contributed by atoms with Crippen LogP contribution in [-0.4, -0.2) is 20.1 Å². The van der Waals surface area contributed by atoms with Gasteiger partial charge in [0.05, 0.1) is 4.92 Å². The lowest BCUT2D eigenvalue weighted by Crippen LogP contribution is -1.80. The minimum absolute atomic E-state index is 0.0197. The number of hydrogen-bond acceptors (Lipinski definition) is 8. The first-order valence-corrected chi connectivity index (χ1v) is 4.99. The molecule has 0 spiro atoms. The number of nitrogens with two attached hydrogens (primary N) is 1. The van der Waals surface area contributed by atoms with E-state index in [1.807, 2.05) is 0 Å². The number of rotatable bonds is 2. The molecular formula is C5H3N5O2S2. The smallest absolute Gasteiger partial charge is 0.344 e. The van der Waals surface area contributed by atoms with Crippen LogP contribution in [0.15, 0.2) is 6.20 Å². The second kappa shape index (κ2) is 3.27. The van der Waals surface area contributed by atoms with Crippen LogP contribution in [-0.2, 0) is 0 Å². The Kier molecular flexibility index (Phi) is 2.09. The second-order valence-electron chi connectivity index (χ2n) is 2.21. The van der Waals surface area contributed by atoms with Crippen LogP contribution in [0.25, 0.3) is 10.0 Å². The molecule has 0 aliphatic heterocycles. The first kappa shape index (κ1) is 8.97. The number of nitrogen functional groups attached to an aromatic ring is 1. The molecule has 7 nitrogen and oxygen atoms in total. The molecule has 0 amide bonds. The molecule has 0 bridgehead atoms. The van der Waals surface area contributed by atoms with Gasteiger partial charge in [-0.15, -0.1) is 10.2 Å². The Hall–Kier alpha value is -1.61. The van der Waals surface area contributed by atoms with Crippen molar-refractivity contribution >= 4 is 32.8 Å². The molecule has 14 heavy (non-hydrogen) atoms. The molecule has 2 aromatic rings. The maximum Gasteiger partial charge on any atom is 0.344 e. The van der Waals surface area contributed by atoms with Crippen molar-refractivity contribution in [1.29, 1.82) is 0 Å². The Balaban J connectivity index is 2.38. The van der Waals surface area contributed by atoms with E-state index in [9.17, 15) is 10.1 Å². The predicted molar refractivity (Wildman–Crippen MR) is 52.1 cm³/mol. The highest BCUT2D eigenvalue weighted by molar-refractivity contribution is 7.24. The molecule has 0 saturated carbocycles. The van der Waals surface area contributed by atoms with E-state index in [-0.39, 0.29) is 5.00 Å². The van der Waals surface area contributed by atoms with E-state index in [1.165, 1.54) is 6.20 Å². The van der Waals surface area contributed by atoms with Gasteiger partial charge >= 0.3 is 5.00 Å². The van der Waals surface area contributed by atoms with E-state index in [4.69, 9.17) is 5.73 Å². The van der Waals surface area contributed by atoms with Gasteiger partial charge in [-0.05, 0) is 11.3 Å². The molecule has 0 saturated heterocycles. The van der Waals surface area contributed by atoms with Crippen LogP contribution in [0.2, 0.25) is 0 Å². The summed E-state index contributed by atoms with van der Waals surface area (Å²) in [5, 5.41) is 18.9. The molecule has 0 aromatic carbocycles. The highest BCUT2D eigenvalue weighted by atomic mass is 32.1. The van der Waals surface area contributed by atoms with Gasteiger partial charge in [-0.25, -0.2) is 4.98 Å². The fraction of sp³-hybridized carbons (Fsp3) is 0. The van der Waals surface area contributed by atoms with Crippen molar-refractivity contribution in [1.82, 2.24) is 15.2 Å². The second-order valence-corrected chi connectivity index (χ2v) is 4.22. The van der Waals surface area contributed by atoms with Gasteiger partial charge in [0.1, 0.15) is 6.20 Å². The van der Waals surface area contributed by atoms with Gasteiger partial charge in [0.15, 0.2) is 10.0 Å². The van der Waals surface area contributed by atoms with Gasteiger partial charge in [0.25, 0.3) is 0 Å². The van der Waals surface area contributed by atoms with Crippen LogP contribution in [0.4, 0.5) is 10.1 Å². The highest BCUT2D eigenvalue weighted by Crippen LogP contribution is 2.31. The number of nitro groups is 1. The summed E-state index contributed by atoms with van der Waals surface area (Å²) in [5.74, 6) is 0. The maximum atomic E-state index is 10.4. The fourth-order valence-corrected chi connectivity index (χ4v) is 2.13. The third-order valence-corrected chi connectivity index (χ3v) is 3.14. The first-order chi connectivity index (χ1) is 6.66. The van der Waals surface area contributed by atoms with Crippen LogP contribution >= 0.6 is 22.7 Å². The van der Waals surface area contributed by atoms with Gasteiger partial charge in [-0.1, -0.05) is 11.3 Å². The molecule has 2 aromatic heterocycles. The standard InChI is InChI=1S/C5H3N5O2S2/c6-5-9-8-4(14-5)3-7-1-2(13-3)10(11)12/h1H,(H2,6,9). The Morgan fingerprint density at radius 2 is 2.14 bits per heavy atom. The van der Waals surface area contributed by atoms with Crippen molar-refractivity contribution in [3.63, 3.8) is 0 Å². The van der Waals surface area contributed by atoms with E-state index in [2.05, 4.69) is 15.2 Å². The monoisotopic (exact) mass is 229 g/mol. The van der Waals surface area contributed by atoms with Crippen LogP contribution in [0.3, 0.4) is 0 Å². The molecule has 0 unspecified atom stereocenters. The zero-order valence-corrected chi connectivity index (χ0v) is 8.21. The minimum atomic E-state index is -0.494. The van der Waals surface area contributed by atoms with Crippen molar-refractivity contribution in [2.75, 3.05) is 5.73 Å². The summed E-state index contributed by atoms with van der Waals surface area (Å²) >= 11 is 2.10. The fourth-order valence-electron chi connectivity index (χ4n) is 0.770. The molecule has 9 heteroatoms. The zero-order valence-electron chi connectivity index (χ0n) is 6.58. The average Bonchev–Trinajstić information content (AvgIpc) is 2.70. The number of aromatic nitrogens is 3. The Morgan fingerprint density at radius 1 is 1.36 bits per heavy atom.